The molecule has 6 nitrogen and oxygen atoms in total. The van der Waals surface area contributed by atoms with Crippen LogP contribution in [0, 0.1) is 13.8 Å². The third-order valence-electron chi connectivity index (χ3n) is 4.61. The van der Waals surface area contributed by atoms with Gasteiger partial charge in [-0.3, -0.25) is 9.52 Å². The molecular formula is C24H26N2O4S. The van der Waals surface area contributed by atoms with E-state index in [1.54, 1.807) is 42.5 Å². The van der Waals surface area contributed by atoms with E-state index in [9.17, 15) is 13.2 Å². The van der Waals surface area contributed by atoms with Crippen LogP contribution in [0.3, 0.4) is 0 Å². The number of benzene rings is 3. The monoisotopic (exact) mass is 438 g/mol. The van der Waals surface area contributed by atoms with Crippen LogP contribution in [0.1, 0.15) is 28.4 Å². The summed E-state index contributed by atoms with van der Waals surface area (Å²) in [6.45, 7) is 6.05. The fourth-order valence-corrected chi connectivity index (χ4v) is 3.91. The van der Waals surface area contributed by atoms with Crippen molar-refractivity contribution in [2.45, 2.75) is 31.7 Å². The second-order valence-corrected chi connectivity index (χ2v) is 9.18. The quantitative estimate of drug-likeness (QED) is 0.549. The van der Waals surface area contributed by atoms with E-state index >= 15 is 0 Å². The number of carbonyl (C=O) groups is 1. The van der Waals surface area contributed by atoms with Gasteiger partial charge in [0.2, 0.25) is 0 Å². The number of hydrogen-bond donors (Lipinski definition) is 2. The van der Waals surface area contributed by atoms with Crippen molar-refractivity contribution in [1.29, 1.82) is 0 Å². The predicted molar refractivity (Wildman–Crippen MR) is 122 cm³/mol. The Hall–Kier alpha value is -3.32. The van der Waals surface area contributed by atoms with Gasteiger partial charge in [0.1, 0.15) is 12.4 Å². The Morgan fingerprint density at radius 3 is 2.19 bits per heavy atom. The van der Waals surface area contributed by atoms with Crippen LogP contribution in [-0.4, -0.2) is 27.0 Å². The molecule has 7 heteroatoms. The molecule has 0 heterocycles. The number of rotatable bonds is 8. The molecule has 0 unspecified atom stereocenters. The summed E-state index contributed by atoms with van der Waals surface area (Å²) in [5.41, 5.74) is 2.78. The standard InChI is InChI=1S/C24H26N2O4S/c1-17-7-11-22(12-8-17)30-16-19(3)25-24(27)20-5-4-6-21(15-20)26-31(28,29)23-13-9-18(2)10-14-23/h4-15,19,26H,16H2,1-3H3,(H,25,27)/t19-/m0/s1. The van der Waals surface area contributed by atoms with Gasteiger partial charge in [0.15, 0.2) is 0 Å². The highest BCUT2D eigenvalue weighted by molar-refractivity contribution is 7.92. The van der Waals surface area contributed by atoms with Crippen LogP contribution >= 0.6 is 0 Å². The molecule has 0 aliphatic carbocycles. The summed E-state index contributed by atoms with van der Waals surface area (Å²) >= 11 is 0. The van der Waals surface area contributed by atoms with Gasteiger partial charge >= 0.3 is 0 Å². The van der Waals surface area contributed by atoms with E-state index in [1.165, 1.54) is 6.07 Å². The molecule has 0 spiro atoms. The summed E-state index contributed by atoms with van der Waals surface area (Å²) in [7, 11) is -3.74. The summed E-state index contributed by atoms with van der Waals surface area (Å²) in [4.78, 5) is 12.8. The molecule has 1 atom stereocenters. The summed E-state index contributed by atoms with van der Waals surface area (Å²) in [5.74, 6) is 0.426. The molecule has 0 fully saturated rings. The molecule has 3 aromatic rings. The number of aryl methyl sites for hydroxylation is 2. The third kappa shape index (κ3) is 6.33. The molecule has 162 valence electrons. The molecule has 31 heavy (non-hydrogen) atoms. The lowest BCUT2D eigenvalue weighted by molar-refractivity contribution is 0.0926. The SMILES string of the molecule is Cc1ccc(OC[C@H](C)NC(=O)c2cccc(NS(=O)(=O)c3ccc(C)cc3)c2)cc1. The number of sulfonamides is 1. The van der Waals surface area contributed by atoms with Crippen LogP contribution in [0.5, 0.6) is 5.75 Å². The maximum absolute atomic E-state index is 12.6. The number of carbonyl (C=O) groups excluding carboxylic acids is 1. The van der Waals surface area contributed by atoms with E-state index in [0.717, 1.165) is 16.9 Å². The molecule has 0 bridgehead atoms. The first-order valence-corrected chi connectivity index (χ1v) is 11.4. The van der Waals surface area contributed by atoms with E-state index in [0.29, 0.717) is 17.9 Å². The van der Waals surface area contributed by atoms with Crippen LogP contribution in [0.2, 0.25) is 0 Å². The van der Waals surface area contributed by atoms with E-state index in [1.807, 2.05) is 45.0 Å². The molecule has 0 saturated carbocycles. The van der Waals surface area contributed by atoms with E-state index in [-0.39, 0.29) is 16.8 Å². The molecule has 2 N–H and O–H groups in total. The molecule has 3 aromatic carbocycles. The Balaban J connectivity index is 1.61. The lowest BCUT2D eigenvalue weighted by Gasteiger charge is -2.16. The van der Waals surface area contributed by atoms with Gasteiger partial charge in [-0.15, -0.1) is 0 Å². The summed E-state index contributed by atoms with van der Waals surface area (Å²) < 4.78 is 33.4. The zero-order valence-corrected chi connectivity index (χ0v) is 18.6. The van der Waals surface area contributed by atoms with Crippen molar-refractivity contribution < 1.29 is 17.9 Å². The average molecular weight is 439 g/mol. The highest BCUT2D eigenvalue weighted by Gasteiger charge is 2.16. The van der Waals surface area contributed by atoms with Gasteiger partial charge in [0.25, 0.3) is 15.9 Å². The molecule has 0 aliphatic heterocycles. The largest absolute Gasteiger partial charge is 0.491 e. The van der Waals surface area contributed by atoms with Crippen molar-refractivity contribution in [3.63, 3.8) is 0 Å². The highest BCUT2D eigenvalue weighted by Crippen LogP contribution is 2.18. The van der Waals surface area contributed by atoms with E-state index in [2.05, 4.69) is 10.0 Å². The molecule has 0 saturated heterocycles. The lowest BCUT2D eigenvalue weighted by Crippen LogP contribution is -2.36. The number of hydrogen-bond acceptors (Lipinski definition) is 4. The Morgan fingerprint density at radius 2 is 1.55 bits per heavy atom. The first-order valence-electron chi connectivity index (χ1n) is 9.93. The van der Waals surface area contributed by atoms with Gasteiger partial charge in [-0.1, -0.05) is 41.5 Å². The number of ether oxygens (including phenoxy) is 1. The normalized spacial score (nSPS) is 12.1. The fourth-order valence-electron chi connectivity index (χ4n) is 2.86. The maximum Gasteiger partial charge on any atom is 0.261 e. The molecule has 0 aliphatic rings. The van der Waals surface area contributed by atoms with Crippen LogP contribution in [0.25, 0.3) is 0 Å². The van der Waals surface area contributed by atoms with Crippen molar-refractivity contribution in [3.8, 4) is 5.75 Å². The molecule has 3 rings (SSSR count). The Morgan fingerprint density at radius 1 is 0.935 bits per heavy atom. The van der Waals surface area contributed by atoms with Crippen LogP contribution in [0.4, 0.5) is 5.69 Å². The van der Waals surface area contributed by atoms with Crippen molar-refractivity contribution in [1.82, 2.24) is 5.32 Å². The first-order chi connectivity index (χ1) is 14.7. The Kier molecular flexibility index (Phi) is 6.97. The Labute approximate surface area is 183 Å². The van der Waals surface area contributed by atoms with Crippen LogP contribution < -0.4 is 14.8 Å². The zero-order chi connectivity index (χ0) is 22.4. The third-order valence-corrected chi connectivity index (χ3v) is 6.00. The van der Waals surface area contributed by atoms with Crippen molar-refractivity contribution in [3.05, 3.63) is 89.5 Å². The minimum absolute atomic E-state index is 0.162. The first kappa shape index (κ1) is 22.4. The van der Waals surface area contributed by atoms with Crippen LogP contribution in [0.15, 0.2) is 77.7 Å². The van der Waals surface area contributed by atoms with Gasteiger partial charge in [0, 0.05) is 11.3 Å². The predicted octanol–water partition coefficient (Wildman–Crippen LogP) is 4.30. The van der Waals surface area contributed by atoms with Gasteiger partial charge < -0.3 is 10.1 Å². The molecule has 0 aromatic heterocycles. The molecule has 1 amide bonds. The summed E-state index contributed by atoms with van der Waals surface area (Å²) in [6.07, 6.45) is 0. The second-order valence-electron chi connectivity index (χ2n) is 7.50. The second kappa shape index (κ2) is 9.66. The zero-order valence-electron chi connectivity index (χ0n) is 17.8. The van der Waals surface area contributed by atoms with Gasteiger partial charge in [-0.25, -0.2) is 8.42 Å². The van der Waals surface area contributed by atoms with Gasteiger partial charge in [-0.2, -0.15) is 0 Å². The Bertz CT molecular complexity index is 1140. The van der Waals surface area contributed by atoms with E-state index in [4.69, 9.17) is 4.74 Å². The molecular weight excluding hydrogens is 412 g/mol. The summed E-state index contributed by atoms with van der Waals surface area (Å²) in [6, 6.07) is 20.4. The van der Waals surface area contributed by atoms with Gasteiger partial charge in [-0.05, 0) is 63.2 Å². The minimum atomic E-state index is -3.74. The number of nitrogens with one attached hydrogen (secondary N) is 2. The molecule has 0 radical (unpaired) electrons. The number of anilines is 1. The average Bonchev–Trinajstić information content (AvgIpc) is 2.73. The highest BCUT2D eigenvalue weighted by atomic mass is 32.2. The maximum atomic E-state index is 12.6. The topological polar surface area (TPSA) is 84.5 Å². The van der Waals surface area contributed by atoms with Crippen molar-refractivity contribution in [2.24, 2.45) is 0 Å². The van der Waals surface area contributed by atoms with Crippen molar-refractivity contribution >= 4 is 21.6 Å². The summed E-state index contributed by atoms with van der Waals surface area (Å²) in [5, 5.41) is 2.86. The van der Waals surface area contributed by atoms with Crippen LogP contribution in [-0.2, 0) is 10.0 Å². The lowest BCUT2D eigenvalue weighted by atomic mass is 10.2. The van der Waals surface area contributed by atoms with Gasteiger partial charge in [0.05, 0.1) is 10.9 Å². The van der Waals surface area contributed by atoms with Crippen molar-refractivity contribution in [2.75, 3.05) is 11.3 Å². The van der Waals surface area contributed by atoms with E-state index < -0.39 is 10.0 Å². The smallest absolute Gasteiger partial charge is 0.261 e. The minimum Gasteiger partial charge on any atom is -0.491 e. The number of amides is 1. The fraction of sp³-hybridized carbons (Fsp3) is 0.208.